The lowest BCUT2D eigenvalue weighted by Gasteiger charge is -2.32. The summed E-state index contributed by atoms with van der Waals surface area (Å²) in [4.78, 5) is 18.2. The number of piperidine rings is 1. The van der Waals surface area contributed by atoms with Gasteiger partial charge in [0.15, 0.2) is 5.82 Å². The molecule has 0 radical (unpaired) electrons. The predicted octanol–water partition coefficient (Wildman–Crippen LogP) is 2.07. The van der Waals surface area contributed by atoms with Crippen LogP contribution in [0, 0.1) is 0 Å². The Bertz CT molecular complexity index is 731. The van der Waals surface area contributed by atoms with E-state index in [2.05, 4.69) is 25.2 Å². The van der Waals surface area contributed by atoms with E-state index in [1.165, 1.54) is 0 Å². The Morgan fingerprint density at radius 1 is 1.23 bits per heavy atom. The second kappa shape index (κ2) is 5.39. The van der Waals surface area contributed by atoms with Crippen LogP contribution in [0.1, 0.15) is 49.2 Å². The Morgan fingerprint density at radius 3 is 2.73 bits per heavy atom. The zero-order valence-electron chi connectivity index (χ0n) is 12.0. The number of nitrogens with one attached hydrogen (secondary N) is 1. The van der Waals surface area contributed by atoms with Crippen molar-refractivity contribution in [2.75, 3.05) is 18.0 Å². The first-order valence-electron chi connectivity index (χ1n) is 7.54. The molecule has 1 N–H and O–H groups in total. The van der Waals surface area contributed by atoms with E-state index in [0.29, 0.717) is 17.5 Å². The molecule has 1 aliphatic carbocycles. The van der Waals surface area contributed by atoms with Crippen LogP contribution < -0.4 is 10.5 Å². The minimum Gasteiger partial charge on any atom is -0.369 e. The zero-order valence-corrected chi connectivity index (χ0v) is 12.7. The minimum atomic E-state index is -0.353. The quantitative estimate of drug-likeness (QED) is 0.931. The lowest BCUT2D eigenvalue weighted by atomic mass is 9.96. The lowest BCUT2D eigenvalue weighted by Crippen LogP contribution is -2.34. The van der Waals surface area contributed by atoms with Crippen molar-refractivity contribution in [1.29, 1.82) is 0 Å². The summed E-state index contributed by atoms with van der Waals surface area (Å²) in [6.07, 6.45) is 5.74. The highest BCUT2D eigenvalue weighted by molar-refractivity contribution is 6.32. The van der Waals surface area contributed by atoms with Gasteiger partial charge in [0.2, 0.25) is 5.89 Å². The van der Waals surface area contributed by atoms with Crippen LogP contribution in [0.5, 0.6) is 0 Å². The van der Waals surface area contributed by atoms with Crippen molar-refractivity contribution in [3.63, 3.8) is 0 Å². The molecule has 0 amide bonds. The fourth-order valence-corrected chi connectivity index (χ4v) is 3.09. The average Bonchev–Trinajstić information content (AvgIpc) is 3.28. The molecule has 8 heteroatoms. The molecule has 22 heavy (non-hydrogen) atoms. The molecule has 116 valence electrons. The first-order chi connectivity index (χ1) is 10.7. The fourth-order valence-electron chi connectivity index (χ4n) is 2.88. The topological polar surface area (TPSA) is 87.9 Å². The van der Waals surface area contributed by atoms with E-state index < -0.39 is 0 Å². The second-order valence-electron chi connectivity index (χ2n) is 5.92. The maximum atomic E-state index is 11.5. The van der Waals surface area contributed by atoms with E-state index in [1.54, 1.807) is 6.20 Å². The standard InChI is InChI=1S/C14H16ClN5O2/c15-11-10(7-16-18-13(11)21)20-5-3-8(4-6-20)12-17-14(22-19-12)9-1-2-9/h7-9H,1-6H2,(H,18,21). The highest BCUT2D eigenvalue weighted by Crippen LogP contribution is 2.40. The van der Waals surface area contributed by atoms with Crippen LogP contribution in [-0.4, -0.2) is 33.4 Å². The fraction of sp³-hybridized carbons (Fsp3) is 0.571. The predicted molar refractivity (Wildman–Crippen MR) is 80.3 cm³/mol. The molecule has 0 unspecified atom stereocenters. The van der Waals surface area contributed by atoms with Crippen LogP contribution in [-0.2, 0) is 0 Å². The molecule has 2 aliphatic rings. The summed E-state index contributed by atoms with van der Waals surface area (Å²) in [5.41, 5.74) is 0.337. The number of H-pyrrole nitrogens is 1. The summed E-state index contributed by atoms with van der Waals surface area (Å²) in [6, 6.07) is 0. The Kier molecular flexibility index (Phi) is 3.37. The van der Waals surface area contributed by atoms with E-state index in [9.17, 15) is 4.79 Å². The number of nitrogens with zero attached hydrogens (tertiary/aromatic N) is 4. The van der Waals surface area contributed by atoms with E-state index in [1.807, 2.05) is 0 Å². The molecule has 2 aromatic rings. The van der Waals surface area contributed by atoms with E-state index in [0.717, 1.165) is 50.5 Å². The van der Waals surface area contributed by atoms with Crippen molar-refractivity contribution in [3.05, 3.63) is 33.3 Å². The normalized spacial score (nSPS) is 19.6. The summed E-state index contributed by atoms with van der Waals surface area (Å²) in [7, 11) is 0. The van der Waals surface area contributed by atoms with Gasteiger partial charge >= 0.3 is 0 Å². The highest BCUT2D eigenvalue weighted by Gasteiger charge is 2.32. The molecular formula is C14H16ClN5O2. The maximum absolute atomic E-state index is 11.5. The average molecular weight is 322 g/mol. The van der Waals surface area contributed by atoms with Crippen molar-refractivity contribution in [2.45, 2.75) is 37.5 Å². The molecule has 0 atom stereocenters. The van der Waals surface area contributed by atoms with Gasteiger partial charge < -0.3 is 9.42 Å². The van der Waals surface area contributed by atoms with Crippen molar-refractivity contribution in [2.24, 2.45) is 0 Å². The second-order valence-corrected chi connectivity index (χ2v) is 6.30. The molecular weight excluding hydrogens is 306 g/mol. The summed E-state index contributed by atoms with van der Waals surface area (Å²) in [5.74, 6) is 2.40. The Balaban J connectivity index is 1.45. The number of rotatable bonds is 3. The van der Waals surface area contributed by atoms with E-state index in [-0.39, 0.29) is 10.6 Å². The van der Waals surface area contributed by atoms with Crippen molar-refractivity contribution in [3.8, 4) is 0 Å². The number of aromatic amines is 1. The van der Waals surface area contributed by atoms with Gasteiger partial charge in [0.25, 0.3) is 5.56 Å². The number of hydrogen-bond donors (Lipinski definition) is 1. The molecule has 2 fully saturated rings. The third-order valence-electron chi connectivity index (χ3n) is 4.36. The van der Waals surface area contributed by atoms with Gasteiger partial charge in [0.05, 0.1) is 11.9 Å². The molecule has 0 aromatic carbocycles. The van der Waals surface area contributed by atoms with Crippen molar-refractivity contribution < 1.29 is 4.52 Å². The maximum Gasteiger partial charge on any atom is 0.285 e. The number of halogens is 1. The first kappa shape index (κ1) is 13.8. The molecule has 1 saturated heterocycles. The lowest BCUT2D eigenvalue weighted by molar-refractivity contribution is 0.365. The van der Waals surface area contributed by atoms with Crippen molar-refractivity contribution >= 4 is 17.3 Å². The van der Waals surface area contributed by atoms with Gasteiger partial charge in [-0.3, -0.25) is 4.79 Å². The van der Waals surface area contributed by atoms with Crippen molar-refractivity contribution in [1.82, 2.24) is 20.3 Å². The summed E-state index contributed by atoms with van der Waals surface area (Å²) in [5, 5.41) is 10.5. The summed E-state index contributed by atoms with van der Waals surface area (Å²) < 4.78 is 5.34. The Hall–Kier alpha value is -1.89. The van der Waals surface area contributed by atoms with Gasteiger partial charge in [-0.15, -0.1) is 0 Å². The van der Waals surface area contributed by atoms with Gasteiger partial charge in [-0.1, -0.05) is 16.8 Å². The molecule has 0 spiro atoms. The van der Waals surface area contributed by atoms with Crippen LogP contribution in [0.4, 0.5) is 5.69 Å². The van der Waals surface area contributed by atoms with Crippen LogP contribution in [0.25, 0.3) is 0 Å². The minimum absolute atomic E-state index is 0.198. The monoisotopic (exact) mass is 321 g/mol. The molecule has 1 aliphatic heterocycles. The van der Waals surface area contributed by atoms with Gasteiger partial charge in [-0.2, -0.15) is 10.1 Å². The Morgan fingerprint density at radius 2 is 2.00 bits per heavy atom. The van der Waals surface area contributed by atoms with Gasteiger partial charge in [-0.25, -0.2) is 5.10 Å². The molecule has 4 rings (SSSR count). The highest BCUT2D eigenvalue weighted by atomic mass is 35.5. The molecule has 1 saturated carbocycles. The van der Waals surface area contributed by atoms with Crippen LogP contribution in [0.15, 0.2) is 15.5 Å². The van der Waals surface area contributed by atoms with Crippen LogP contribution in [0.3, 0.4) is 0 Å². The number of anilines is 1. The third-order valence-corrected chi connectivity index (χ3v) is 4.73. The van der Waals surface area contributed by atoms with Gasteiger partial charge in [0, 0.05) is 24.9 Å². The largest absolute Gasteiger partial charge is 0.369 e. The summed E-state index contributed by atoms with van der Waals surface area (Å²) in [6.45, 7) is 1.59. The van der Waals surface area contributed by atoms with Gasteiger partial charge in [0.1, 0.15) is 5.02 Å². The zero-order chi connectivity index (χ0) is 15.1. The Labute approximate surface area is 131 Å². The number of aromatic nitrogens is 4. The summed E-state index contributed by atoms with van der Waals surface area (Å²) >= 11 is 6.06. The van der Waals surface area contributed by atoms with Crippen LogP contribution >= 0.6 is 11.6 Å². The molecule has 0 bridgehead atoms. The number of hydrogen-bond acceptors (Lipinski definition) is 6. The first-order valence-corrected chi connectivity index (χ1v) is 7.92. The molecule has 7 nitrogen and oxygen atoms in total. The SMILES string of the molecule is O=c1[nH]ncc(N2CCC(c3noc(C4CC4)n3)CC2)c1Cl. The van der Waals surface area contributed by atoms with Gasteiger partial charge in [-0.05, 0) is 25.7 Å². The van der Waals surface area contributed by atoms with E-state index in [4.69, 9.17) is 16.1 Å². The van der Waals surface area contributed by atoms with E-state index >= 15 is 0 Å². The molecule has 3 heterocycles. The third kappa shape index (κ3) is 2.49. The molecule has 2 aromatic heterocycles. The van der Waals surface area contributed by atoms with Crippen LogP contribution in [0.2, 0.25) is 5.02 Å². The smallest absolute Gasteiger partial charge is 0.285 e.